The fourth-order valence-corrected chi connectivity index (χ4v) is 2.96. The number of amides is 2. The number of nitrogens with two attached hydrogens (primary N) is 1. The van der Waals surface area contributed by atoms with Gasteiger partial charge in [0.15, 0.2) is 0 Å². The van der Waals surface area contributed by atoms with Crippen LogP contribution in [0.15, 0.2) is 65.7 Å². The van der Waals surface area contributed by atoms with Gasteiger partial charge in [0.1, 0.15) is 0 Å². The molecule has 0 aliphatic carbocycles. The third kappa shape index (κ3) is 4.46. The number of nitrogens with one attached hydrogen (secondary N) is 2. The number of para-hydroxylation sites is 1. The molecule has 0 radical (unpaired) electrons. The molecule has 0 aliphatic rings. The summed E-state index contributed by atoms with van der Waals surface area (Å²) in [6.07, 6.45) is 1.60. The van der Waals surface area contributed by atoms with E-state index in [0.29, 0.717) is 16.8 Å². The quantitative estimate of drug-likeness (QED) is 0.581. The Morgan fingerprint density at radius 1 is 0.963 bits per heavy atom. The van der Waals surface area contributed by atoms with Gasteiger partial charge in [-0.15, -0.1) is 0 Å². The maximum Gasteiger partial charge on any atom is 0.313 e. The number of benzene rings is 2. The van der Waals surface area contributed by atoms with Gasteiger partial charge in [0.25, 0.3) is 0 Å². The Morgan fingerprint density at radius 3 is 2.37 bits per heavy atom. The van der Waals surface area contributed by atoms with Crippen LogP contribution in [-0.4, -0.2) is 25.2 Å². The molecule has 0 saturated heterocycles. The normalized spacial score (nSPS) is 11.1. The minimum absolute atomic E-state index is 0.0289. The predicted octanol–water partition coefficient (Wildman–Crippen LogP) is 1.14. The van der Waals surface area contributed by atoms with Crippen LogP contribution in [0.3, 0.4) is 0 Å². The van der Waals surface area contributed by atoms with Crippen LogP contribution in [0.1, 0.15) is 5.56 Å². The molecule has 0 fully saturated rings. The Bertz CT molecular complexity index is 1110. The molecule has 138 valence electrons. The number of pyridine rings is 1. The van der Waals surface area contributed by atoms with Crippen molar-refractivity contribution in [2.75, 3.05) is 5.32 Å². The predicted molar refractivity (Wildman–Crippen MR) is 100 cm³/mol. The first-order chi connectivity index (χ1) is 12.8. The molecule has 0 spiro atoms. The Kier molecular flexibility index (Phi) is 5.15. The summed E-state index contributed by atoms with van der Waals surface area (Å²) in [7, 11) is -3.77. The van der Waals surface area contributed by atoms with Gasteiger partial charge in [0.2, 0.25) is 10.0 Å². The number of primary sulfonamides is 1. The summed E-state index contributed by atoms with van der Waals surface area (Å²) in [4.78, 5) is 28.3. The van der Waals surface area contributed by atoms with Gasteiger partial charge in [-0.25, -0.2) is 13.6 Å². The van der Waals surface area contributed by atoms with Crippen molar-refractivity contribution in [1.29, 1.82) is 0 Å². The van der Waals surface area contributed by atoms with E-state index in [0.717, 1.165) is 5.39 Å². The maximum atomic E-state index is 12.1. The molecule has 27 heavy (non-hydrogen) atoms. The number of aromatic nitrogens is 1. The van der Waals surface area contributed by atoms with Crippen LogP contribution in [-0.2, 0) is 26.2 Å². The van der Waals surface area contributed by atoms with E-state index in [1.165, 1.54) is 24.3 Å². The van der Waals surface area contributed by atoms with E-state index in [1.54, 1.807) is 24.4 Å². The lowest BCUT2D eigenvalue weighted by atomic mass is 10.2. The standard InChI is InChI=1S/C18H16N4O4S/c19-27(25,26)14-8-6-12(7-9-14)11-21-17(23)18(24)22-15-5-1-3-13-4-2-10-20-16(13)15/h1-10H,11H2,(H,21,23)(H,22,24)(H2,19,25,26). The second-order valence-electron chi connectivity index (χ2n) is 5.71. The molecule has 0 saturated carbocycles. The maximum absolute atomic E-state index is 12.1. The Labute approximate surface area is 155 Å². The summed E-state index contributed by atoms with van der Waals surface area (Å²) in [6, 6.07) is 14.6. The second-order valence-corrected chi connectivity index (χ2v) is 7.27. The summed E-state index contributed by atoms with van der Waals surface area (Å²) in [5.41, 5.74) is 1.64. The lowest BCUT2D eigenvalue weighted by Crippen LogP contribution is -2.35. The van der Waals surface area contributed by atoms with Gasteiger partial charge in [-0.2, -0.15) is 0 Å². The van der Waals surface area contributed by atoms with Crippen LogP contribution >= 0.6 is 0 Å². The molecular weight excluding hydrogens is 368 g/mol. The van der Waals surface area contributed by atoms with Crippen molar-refractivity contribution in [3.63, 3.8) is 0 Å². The summed E-state index contributed by atoms with van der Waals surface area (Å²) < 4.78 is 22.4. The minimum Gasteiger partial charge on any atom is -0.344 e. The molecule has 1 heterocycles. The molecular formula is C18H16N4O4S. The highest BCUT2D eigenvalue weighted by Gasteiger charge is 2.15. The van der Waals surface area contributed by atoms with Gasteiger partial charge in [-0.05, 0) is 29.8 Å². The number of fused-ring (bicyclic) bond motifs is 1. The van der Waals surface area contributed by atoms with E-state index in [-0.39, 0.29) is 11.4 Å². The first-order valence-electron chi connectivity index (χ1n) is 7.89. The third-order valence-corrected chi connectivity index (χ3v) is 4.72. The number of anilines is 1. The molecule has 8 nitrogen and oxygen atoms in total. The molecule has 0 bridgehead atoms. The zero-order valence-corrected chi connectivity index (χ0v) is 14.9. The molecule has 0 atom stereocenters. The van der Waals surface area contributed by atoms with Crippen molar-refractivity contribution in [1.82, 2.24) is 10.3 Å². The summed E-state index contributed by atoms with van der Waals surface area (Å²) in [5, 5.41) is 10.9. The fraction of sp³-hybridized carbons (Fsp3) is 0.0556. The SMILES string of the molecule is NS(=O)(=O)c1ccc(CNC(=O)C(=O)Nc2cccc3cccnc23)cc1. The molecule has 2 aromatic carbocycles. The second kappa shape index (κ2) is 7.52. The summed E-state index contributed by atoms with van der Waals surface area (Å²) in [6.45, 7) is 0.0605. The van der Waals surface area contributed by atoms with Crippen molar-refractivity contribution in [3.05, 3.63) is 66.4 Å². The van der Waals surface area contributed by atoms with Crippen LogP contribution in [0.5, 0.6) is 0 Å². The largest absolute Gasteiger partial charge is 0.344 e. The first kappa shape index (κ1) is 18.5. The zero-order chi connectivity index (χ0) is 19.4. The number of carbonyl (C=O) groups excluding carboxylic acids is 2. The van der Waals surface area contributed by atoms with E-state index in [1.807, 2.05) is 12.1 Å². The third-order valence-electron chi connectivity index (χ3n) is 3.79. The topological polar surface area (TPSA) is 131 Å². The van der Waals surface area contributed by atoms with Crippen LogP contribution in [0.2, 0.25) is 0 Å². The van der Waals surface area contributed by atoms with Gasteiger partial charge < -0.3 is 10.6 Å². The van der Waals surface area contributed by atoms with Gasteiger partial charge >= 0.3 is 11.8 Å². The monoisotopic (exact) mass is 384 g/mol. The van der Waals surface area contributed by atoms with Crippen LogP contribution < -0.4 is 15.8 Å². The molecule has 4 N–H and O–H groups in total. The average molecular weight is 384 g/mol. The molecule has 3 rings (SSSR count). The number of rotatable bonds is 4. The van der Waals surface area contributed by atoms with Crippen molar-refractivity contribution < 1.29 is 18.0 Å². The lowest BCUT2D eigenvalue weighted by molar-refractivity contribution is -0.136. The highest BCUT2D eigenvalue weighted by molar-refractivity contribution is 7.89. The number of hydrogen-bond acceptors (Lipinski definition) is 5. The minimum atomic E-state index is -3.77. The van der Waals surface area contributed by atoms with E-state index in [2.05, 4.69) is 15.6 Å². The Hall–Kier alpha value is -3.30. The molecule has 0 unspecified atom stereocenters. The van der Waals surface area contributed by atoms with Gasteiger partial charge in [-0.3, -0.25) is 14.6 Å². The zero-order valence-electron chi connectivity index (χ0n) is 14.0. The van der Waals surface area contributed by atoms with Crippen molar-refractivity contribution in [2.45, 2.75) is 11.4 Å². The van der Waals surface area contributed by atoms with E-state index in [4.69, 9.17) is 5.14 Å². The van der Waals surface area contributed by atoms with Crippen molar-refractivity contribution >= 4 is 38.4 Å². The first-order valence-corrected chi connectivity index (χ1v) is 9.44. The smallest absolute Gasteiger partial charge is 0.313 e. The number of carbonyl (C=O) groups is 2. The number of hydrogen-bond donors (Lipinski definition) is 3. The lowest BCUT2D eigenvalue weighted by Gasteiger charge is -2.09. The molecule has 3 aromatic rings. The summed E-state index contributed by atoms with van der Waals surface area (Å²) >= 11 is 0. The number of nitrogens with zero attached hydrogens (tertiary/aromatic N) is 1. The number of sulfonamides is 1. The van der Waals surface area contributed by atoms with Gasteiger partial charge in [0, 0.05) is 18.1 Å². The van der Waals surface area contributed by atoms with Crippen LogP contribution in [0.25, 0.3) is 10.9 Å². The Balaban J connectivity index is 1.63. The van der Waals surface area contributed by atoms with Gasteiger partial charge in [-0.1, -0.05) is 30.3 Å². The fourth-order valence-electron chi connectivity index (χ4n) is 2.44. The van der Waals surface area contributed by atoms with E-state index >= 15 is 0 Å². The average Bonchev–Trinajstić information content (AvgIpc) is 2.66. The van der Waals surface area contributed by atoms with Crippen molar-refractivity contribution in [2.24, 2.45) is 5.14 Å². The van der Waals surface area contributed by atoms with Gasteiger partial charge in [0.05, 0.1) is 16.1 Å². The Morgan fingerprint density at radius 2 is 1.67 bits per heavy atom. The highest BCUT2D eigenvalue weighted by atomic mass is 32.2. The van der Waals surface area contributed by atoms with E-state index < -0.39 is 21.8 Å². The highest BCUT2D eigenvalue weighted by Crippen LogP contribution is 2.20. The van der Waals surface area contributed by atoms with Crippen molar-refractivity contribution in [3.8, 4) is 0 Å². The van der Waals surface area contributed by atoms with Crippen LogP contribution in [0, 0.1) is 0 Å². The molecule has 0 aliphatic heterocycles. The summed E-state index contributed by atoms with van der Waals surface area (Å²) in [5.74, 6) is -1.65. The van der Waals surface area contributed by atoms with Crippen LogP contribution in [0.4, 0.5) is 5.69 Å². The van der Waals surface area contributed by atoms with E-state index in [9.17, 15) is 18.0 Å². The molecule has 9 heteroatoms. The molecule has 1 aromatic heterocycles. The molecule has 2 amide bonds.